The number of aryl methyl sites for hydroxylation is 1. The second-order valence-corrected chi connectivity index (χ2v) is 10.1. The predicted molar refractivity (Wildman–Crippen MR) is 142 cm³/mol. The number of ether oxygens (including phenoxy) is 1. The Kier molecular flexibility index (Phi) is 9.17. The average molecular weight is 507 g/mol. The molecular weight excluding hydrogens is 472 g/mol. The summed E-state index contributed by atoms with van der Waals surface area (Å²) in [5, 5.41) is 9.85. The minimum absolute atomic E-state index is 0.0722. The minimum atomic E-state index is -0.129. The molecule has 1 amide bonds. The summed E-state index contributed by atoms with van der Waals surface area (Å²) in [5.74, 6) is 1.66. The number of hydrogen-bond acceptors (Lipinski definition) is 6. The summed E-state index contributed by atoms with van der Waals surface area (Å²) < 4.78 is 7.23. The summed E-state index contributed by atoms with van der Waals surface area (Å²) in [5.41, 5.74) is 3.26. The Morgan fingerprint density at radius 2 is 1.72 bits per heavy atom. The Morgan fingerprint density at radius 3 is 2.42 bits per heavy atom. The number of esters is 1. The number of rotatable bonds is 10. The van der Waals surface area contributed by atoms with Crippen molar-refractivity contribution in [2.75, 3.05) is 25.4 Å². The Balaban J connectivity index is 1.29. The molecule has 0 aliphatic carbocycles. The van der Waals surface area contributed by atoms with Gasteiger partial charge in [-0.25, -0.2) is 0 Å². The van der Waals surface area contributed by atoms with Crippen molar-refractivity contribution in [3.8, 4) is 17.1 Å². The number of benzene rings is 2. The Bertz CT molecular complexity index is 1140. The summed E-state index contributed by atoms with van der Waals surface area (Å²) in [7, 11) is 0. The monoisotopic (exact) mass is 506 g/mol. The number of amides is 1. The van der Waals surface area contributed by atoms with Crippen molar-refractivity contribution in [3.63, 3.8) is 0 Å². The first-order valence-corrected chi connectivity index (χ1v) is 13.7. The fourth-order valence-electron chi connectivity index (χ4n) is 4.39. The normalized spacial score (nSPS) is 14.1. The molecular formula is C28H34N4O3S. The lowest BCUT2D eigenvalue weighted by Crippen LogP contribution is -2.40. The van der Waals surface area contributed by atoms with Crippen LogP contribution < -0.4 is 0 Å². The van der Waals surface area contributed by atoms with Gasteiger partial charge >= 0.3 is 5.97 Å². The number of aromatic nitrogens is 3. The van der Waals surface area contributed by atoms with Gasteiger partial charge in [0.25, 0.3) is 0 Å². The number of carbonyl (C=O) groups excluding carboxylic acids is 2. The second-order valence-electron chi connectivity index (χ2n) is 9.06. The van der Waals surface area contributed by atoms with Crippen LogP contribution in [0.25, 0.3) is 17.1 Å². The topological polar surface area (TPSA) is 77.3 Å². The summed E-state index contributed by atoms with van der Waals surface area (Å²) in [6.45, 7) is 5.58. The van der Waals surface area contributed by atoms with E-state index in [-0.39, 0.29) is 17.8 Å². The van der Waals surface area contributed by atoms with E-state index in [0.717, 1.165) is 40.8 Å². The summed E-state index contributed by atoms with van der Waals surface area (Å²) >= 11 is 1.67. The van der Waals surface area contributed by atoms with E-state index in [0.29, 0.717) is 39.0 Å². The third-order valence-corrected chi connectivity index (χ3v) is 7.46. The van der Waals surface area contributed by atoms with Crippen LogP contribution in [0.1, 0.15) is 44.6 Å². The molecule has 0 radical (unpaired) electrons. The van der Waals surface area contributed by atoms with Gasteiger partial charge in [0.05, 0.1) is 12.5 Å². The van der Waals surface area contributed by atoms with Crippen LogP contribution in [0.4, 0.5) is 0 Å². The molecule has 36 heavy (non-hydrogen) atoms. The van der Waals surface area contributed by atoms with Crippen LogP contribution in [0.2, 0.25) is 0 Å². The lowest BCUT2D eigenvalue weighted by Gasteiger charge is -2.31. The van der Waals surface area contributed by atoms with Gasteiger partial charge in [-0.15, -0.1) is 10.2 Å². The van der Waals surface area contributed by atoms with Crippen LogP contribution in [0.5, 0.6) is 0 Å². The third-order valence-electron chi connectivity index (χ3n) is 6.44. The molecule has 4 rings (SSSR count). The van der Waals surface area contributed by atoms with E-state index in [2.05, 4.69) is 46.0 Å². The van der Waals surface area contributed by atoms with Crippen molar-refractivity contribution < 1.29 is 14.3 Å². The minimum Gasteiger partial charge on any atom is -0.466 e. The number of hydrogen-bond donors (Lipinski definition) is 0. The molecule has 1 saturated heterocycles. The molecule has 0 atom stereocenters. The first kappa shape index (κ1) is 25.9. The van der Waals surface area contributed by atoms with Crippen LogP contribution in [0.3, 0.4) is 0 Å². The van der Waals surface area contributed by atoms with Crippen molar-refractivity contribution in [1.29, 1.82) is 0 Å². The Labute approximate surface area is 217 Å². The van der Waals surface area contributed by atoms with Crippen molar-refractivity contribution >= 4 is 23.6 Å². The number of thioether (sulfide) groups is 1. The molecule has 0 spiro atoms. The highest BCUT2D eigenvalue weighted by atomic mass is 32.2. The largest absolute Gasteiger partial charge is 0.466 e. The van der Waals surface area contributed by atoms with Crippen LogP contribution in [0.15, 0.2) is 59.8 Å². The number of unbranched alkanes of at least 4 members (excludes halogenated alkanes) is 1. The summed E-state index contributed by atoms with van der Waals surface area (Å²) in [6, 6.07) is 18.5. The molecule has 190 valence electrons. The quantitative estimate of drug-likeness (QED) is 0.211. The maximum atomic E-state index is 12.6. The predicted octanol–water partition coefficient (Wildman–Crippen LogP) is 5.31. The molecule has 0 unspecified atom stereocenters. The molecule has 8 heteroatoms. The Hall–Kier alpha value is -3.13. The zero-order valence-corrected chi connectivity index (χ0v) is 21.9. The standard InChI is InChI=1S/C28H34N4O3S/c1-3-35-27(34)23-16-18-31(19-17-23)25(33)11-7-8-20-36-28-30-29-26(22-9-5-4-6-10-22)32(28)24-14-12-21(2)13-15-24/h4-6,9-10,12-15,23H,3,7-8,11,16-20H2,1-2H3. The smallest absolute Gasteiger partial charge is 0.309 e. The van der Waals surface area contributed by atoms with Gasteiger partial charge in [0.15, 0.2) is 11.0 Å². The number of carbonyl (C=O) groups is 2. The molecule has 1 fully saturated rings. The van der Waals surface area contributed by atoms with E-state index in [9.17, 15) is 9.59 Å². The molecule has 1 aliphatic heterocycles. The molecule has 2 aromatic carbocycles. The molecule has 1 aliphatic rings. The first-order valence-electron chi connectivity index (χ1n) is 12.7. The van der Waals surface area contributed by atoms with Gasteiger partial charge in [0, 0.05) is 36.5 Å². The van der Waals surface area contributed by atoms with E-state index in [4.69, 9.17) is 4.74 Å². The highest BCUT2D eigenvalue weighted by molar-refractivity contribution is 7.99. The van der Waals surface area contributed by atoms with Crippen LogP contribution in [-0.4, -0.2) is 57.0 Å². The first-order chi connectivity index (χ1) is 17.6. The molecule has 7 nitrogen and oxygen atoms in total. The number of piperidine rings is 1. The fourth-order valence-corrected chi connectivity index (χ4v) is 5.34. The number of likely N-dealkylation sites (tertiary alicyclic amines) is 1. The average Bonchev–Trinajstić information content (AvgIpc) is 3.33. The van der Waals surface area contributed by atoms with E-state index >= 15 is 0 Å². The van der Waals surface area contributed by atoms with E-state index in [1.54, 1.807) is 11.8 Å². The van der Waals surface area contributed by atoms with E-state index < -0.39 is 0 Å². The van der Waals surface area contributed by atoms with E-state index in [1.807, 2.05) is 42.2 Å². The molecule has 3 aromatic rings. The maximum absolute atomic E-state index is 12.6. The van der Waals surface area contributed by atoms with Gasteiger partial charge < -0.3 is 9.64 Å². The molecule has 1 aromatic heterocycles. The summed E-state index contributed by atoms with van der Waals surface area (Å²) in [4.78, 5) is 26.4. The third kappa shape index (κ3) is 6.55. The van der Waals surface area contributed by atoms with Gasteiger partial charge in [-0.1, -0.05) is 59.8 Å². The van der Waals surface area contributed by atoms with Crippen LogP contribution >= 0.6 is 11.8 Å². The molecule has 0 saturated carbocycles. The highest BCUT2D eigenvalue weighted by Crippen LogP contribution is 2.29. The van der Waals surface area contributed by atoms with Gasteiger partial charge in [-0.2, -0.15) is 0 Å². The molecule has 0 N–H and O–H groups in total. The lowest BCUT2D eigenvalue weighted by molar-refractivity contribution is -0.151. The van der Waals surface area contributed by atoms with Gasteiger partial charge in [0.1, 0.15) is 0 Å². The van der Waals surface area contributed by atoms with Crippen LogP contribution in [0, 0.1) is 12.8 Å². The Morgan fingerprint density at radius 1 is 1.00 bits per heavy atom. The highest BCUT2D eigenvalue weighted by Gasteiger charge is 2.27. The zero-order valence-electron chi connectivity index (χ0n) is 21.1. The molecule has 2 heterocycles. The van der Waals surface area contributed by atoms with Crippen molar-refractivity contribution in [2.45, 2.75) is 51.1 Å². The maximum Gasteiger partial charge on any atom is 0.309 e. The SMILES string of the molecule is CCOC(=O)C1CCN(C(=O)CCCCSc2nnc(-c3ccccc3)n2-c2ccc(C)cc2)CC1. The lowest BCUT2D eigenvalue weighted by atomic mass is 9.96. The fraction of sp³-hybridized carbons (Fsp3) is 0.429. The van der Waals surface area contributed by atoms with Gasteiger partial charge in [0.2, 0.25) is 5.91 Å². The summed E-state index contributed by atoms with van der Waals surface area (Å²) in [6.07, 6.45) is 3.66. The number of nitrogens with zero attached hydrogens (tertiary/aromatic N) is 4. The van der Waals surface area contributed by atoms with Crippen molar-refractivity contribution in [3.05, 3.63) is 60.2 Å². The van der Waals surface area contributed by atoms with Crippen molar-refractivity contribution in [2.24, 2.45) is 5.92 Å². The van der Waals surface area contributed by atoms with Crippen molar-refractivity contribution in [1.82, 2.24) is 19.7 Å². The zero-order chi connectivity index (χ0) is 25.3. The molecule has 0 bridgehead atoms. The second kappa shape index (κ2) is 12.7. The van der Waals surface area contributed by atoms with E-state index in [1.165, 1.54) is 5.56 Å². The van der Waals surface area contributed by atoms with Gasteiger partial charge in [-0.3, -0.25) is 14.2 Å². The van der Waals surface area contributed by atoms with Gasteiger partial charge in [-0.05, 0) is 51.7 Å². The van der Waals surface area contributed by atoms with Crippen LogP contribution in [-0.2, 0) is 14.3 Å².